The highest BCUT2D eigenvalue weighted by Gasteiger charge is 2.44. The molecule has 0 bridgehead atoms. The summed E-state index contributed by atoms with van der Waals surface area (Å²) in [5.41, 5.74) is 6.77. The predicted molar refractivity (Wildman–Crippen MR) is 177 cm³/mol. The molecule has 7 heteroatoms. The van der Waals surface area contributed by atoms with Gasteiger partial charge in [0.05, 0.1) is 18.0 Å². The molecule has 4 aromatic carbocycles. The summed E-state index contributed by atoms with van der Waals surface area (Å²) in [5, 5.41) is 6.77. The van der Waals surface area contributed by atoms with Gasteiger partial charge < -0.3 is 4.42 Å². The Balaban J connectivity index is 1.21. The quantitative estimate of drug-likeness (QED) is 0.184. The van der Waals surface area contributed by atoms with Gasteiger partial charge in [-0.2, -0.15) is 5.10 Å². The van der Waals surface area contributed by atoms with E-state index >= 15 is 0 Å². The fourth-order valence-electron chi connectivity index (χ4n) is 5.95. The van der Waals surface area contributed by atoms with Crippen molar-refractivity contribution in [1.82, 2.24) is 9.99 Å². The topological polar surface area (TPSA) is 58.7 Å². The van der Waals surface area contributed by atoms with Gasteiger partial charge in [0.25, 0.3) is 5.91 Å². The first kappa shape index (κ1) is 27.7. The number of aromatic nitrogens is 1. The van der Waals surface area contributed by atoms with Crippen LogP contribution in [0.2, 0.25) is 0 Å². The lowest BCUT2D eigenvalue weighted by Crippen LogP contribution is -2.31. The molecule has 1 amide bonds. The molecule has 0 spiro atoms. The molecule has 7 rings (SSSR count). The van der Waals surface area contributed by atoms with E-state index in [4.69, 9.17) is 9.52 Å². The number of benzene rings is 4. The van der Waals surface area contributed by atoms with Gasteiger partial charge in [0, 0.05) is 31.6 Å². The number of hydrogen-bond acceptors (Lipinski definition) is 4. The standard InChI is InChI=1S/C36H27Br2N3O2/c37-29-17-9-23(10-18-29)21-28-7-4-8-31-33(28)40-41(34(31)25-15-19-30(38)20-16-25)36(42)27-13-11-26(12-14-27)35-39-22-32(43-35)24-5-2-1-3-6-24/h1-3,5-6,9-22,31,34H,4,7-8H2/b28-21+/t31-,34+/m0/s1. The highest BCUT2D eigenvalue weighted by atomic mass is 79.9. The molecule has 2 heterocycles. The number of nitrogens with zero attached hydrogens (tertiary/aromatic N) is 3. The number of carbonyl (C=O) groups is 1. The third-order valence-corrected chi connectivity index (χ3v) is 9.13. The van der Waals surface area contributed by atoms with E-state index in [1.807, 2.05) is 78.9 Å². The van der Waals surface area contributed by atoms with E-state index in [0.717, 1.165) is 56.2 Å². The molecule has 1 aliphatic carbocycles. The molecule has 0 radical (unpaired) electrons. The van der Waals surface area contributed by atoms with Crippen LogP contribution < -0.4 is 0 Å². The minimum absolute atomic E-state index is 0.123. The summed E-state index contributed by atoms with van der Waals surface area (Å²) < 4.78 is 8.08. The number of halogens is 2. The first-order chi connectivity index (χ1) is 21.0. The maximum atomic E-state index is 14.1. The second kappa shape index (κ2) is 11.9. The number of amides is 1. The molecule has 1 aromatic heterocycles. The predicted octanol–water partition coefficient (Wildman–Crippen LogP) is 9.97. The van der Waals surface area contributed by atoms with Crippen molar-refractivity contribution in [3.63, 3.8) is 0 Å². The molecule has 43 heavy (non-hydrogen) atoms. The molecule has 5 aromatic rings. The van der Waals surface area contributed by atoms with Crippen LogP contribution in [0, 0.1) is 5.92 Å². The molecule has 0 unspecified atom stereocenters. The largest absolute Gasteiger partial charge is 0.436 e. The van der Waals surface area contributed by atoms with Crippen molar-refractivity contribution in [2.24, 2.45) is 11.0 Å². The second-order valence-corrected chi connectivity index (χ2v) is 12.7. The van der Waals surface area contributed by atoms with Gasteiger partial charge in [-0.05, 0) is 90.6 Å². The maximum Gasteiger partial charge on any atom is 0.274 e. The Labute approximate surface area is 267 Å². The van der Waals surface area contributed by atoms with Crippen LogP contribution in [0.5, 0.6) is 0 Å². The summed E-state index contributed by atoms with van der Waals surface area (Å²) in [5.74, 6) is 1.22. The number of hydrazone groups is 1. The summed E-state index contributed by atoms with van der Waals surface area (Å²) in [6.07, 6.45) is 6.92. The van der Waals surface area contributed by atoms with Gasteiger partial charge in [-0.15, -0.1) is 0 Å². The lowest BCUT2D eigenvalue weighted by atomic mass is 9.77. The van der Waals surface area contributed by atoms with E-state index in [1.165, 1.54) is 5.57 Å². The van der Waals surface area contributed by atoms with Gasteiger partial charge in [-0.1, -0.05) is 86.5 Å². The Kier molecular flexibility index (Phi) is 7.68. The molecular weight excluding hydrogens is 666 g/mol. The molecule has 1 aliphatic heterocycles. The van der Waals surface area contributed by atoms with Crippen LogP contribution >= 0.6 is 31.9 Å². The third kappa shape index (κ3) is 5.67. The van der Waals surface area contributed by atoms with E-state index < -0.39 is 0 Å². The molecule has 1 saturated carbocycles. The SMILES string of the molecule is O=C(c1ccc(-c2ncc(-c3ccccc3)o2)cc1)N1N=C2/C(=C/c3ccc(Br)cc3)CCC[C@@H]2[C@H]1c1ccc(Br)cc1. The zero-order valence-corrected chi connectivity index (χ0v) is 26.3. The van der Waals surface area contributed by atoms with Crippen LogP contribution in [0.3, 0.4) is 0 Å². The van der Waals surface area contributed by atoms with Gasteiger partial charge in [-0.3, -0.25) is 4.79 Å². The van der Waals surface area contributed by atoms with Crippen LogP contribution in [0.15, 0.2) is 133 Å². The summed E-state index contributed by atoms with van der Waals surface area (Å²) >= 11 is 7.09. The number of fused-ring (bicyclic) bond motifs is 1. The highest BCUT2D eigenvalue weighted by molar-refractivity contribution is 9.10. The van der Waals surface area contributed by atoms with Crippen LogP contribution in [0.4, 0.5) is 0 Å². The van der Waals surface area contributed by atoms with E-state index in [1.54, 1.807) is 11.2 Å². The highest BCUT2D eigenvalue weighted by Crippen LogP contribution is 2.45. The van der Waals surface area contributed by atoms with Crippen molar-refractivity contribution >= 4 is 49.6 Å². The van der Waals surface area contributed by atoms with E-state index in [2.05, 4.69) is 67.2 Å². The Hall–Kier alpha value is -4.07. The molecular formula is C36H27Br2N3O2. The number of allylic oxidation sites excluding steroid dienone is 1. The van der Waals surface area contributed by atoms with Crippen LogP contribution in [-0.2, 0) is 0 Å². The number of oxazole rings is 1. The minimum Gasteiger partial charge on any atom is -0.436 e. The van der Waals surface area contributed by atoms with Crippen molar-refractivity contribution in [3.8, 4) is 22.8 Å². The molecule has 1 fully saturated rings. The molecule has 212 valence electrons. The molecule has 5 nitrogen and oxygen atoms in total. The van der Waals surface area contributed by atoms with Crippen molar-refractivity contribution in [1.29, 1.82) is 0 Å². The van der Waals surface area contributed by atoms with E-state index in [0.29, 0.717) is 17.2 Å². The van der Waals surface area contributed by atoms with Gasteiger partial charge in [0.15, 0.2) is 5.76 Å². The summed E-state index contributed by atoms with van der Waals surface area (Å²) in [4.78, 5) is 18.6. The number of carbonyl (C=O) groups excluding carboxylic acids is 1. The van der Waals surface area contributed by atoms with Crippen molar-refractivity contribution < 1.29 is 9.21 Å². The zero-order valence-electron chi connectivity index (χ0n) is 23.2. The van der Waals surface area contributed by atoms with Crippen LogP contribution in [-0.4, -0.2) is 21.6 Å². The van der Waals surface area contributed by atoms with E-state index in [-0.39, 0.29) is 17.9 Å². The van der Waals surface area contributed by atoms with Crippen molar-refractivity contribution in [2.75, 3.05) is 0 Å². The van der Waals surface area contributed by atoms with Crippen molar-refractivity contribution in [2.45, 2.75) is 25.3 Å². The molecule has 2 aliphatic rings. The monoisotopic (exact) mass is 691 g/mol. The Morgan fingerprint density at radius 3 is 2.26 bits per heavy atom. The Bertz CT molecular complexity index is 1830. The Morgan fingerprint density at radius 2 is 1.53 bits per heavy atom. The second-order valence-electron chi connectivity index (χ2n) is 10.8. The lowest BCUT2D eigenvalue weighted by molar-refractivity contribution is 0.0681. The van der Waals surface area contributed by atoms with Gasteiger partial charge in [0.2, 0.25) is 5.89 Å². The first-order valence-corrected chi connectivity index (χ1v) is 15.9. The molecule has 0 N–H and O–H groups in total. The smallest absolute Gasteiger partial charge is 0.274 e. The average Bonchev–Trinajstić information content (AvgIpc) is 3.69. The van der Waals surface area contributed by atoms with Gasteiger partial charge >= 0.3 is 0 Å². The molecule has 0 saturated heterocycles. The maximum absolute atomic E-state index is 14.1. The fourth-order valence-corrected chi connectivity index (χ4v) is 6.48. The molecule has 2 atom stereocenters. The summed E-state index contributed by atoms with van der Waals surface area (Å²) in [6, 6.07) is 33.7. The first-order valence-electron chi connectivity index (χ1n) is 14.3. The summed E-state index contributed by atoms with van der Waals surface area (Å²) in [7, 11) is 0. The van der Waals surface area contributed by atoms with Crippen LogP contribution in [0.1, 0.15) is 46.8 Å². The van der Waals surface area contributed by atoms with Crippen molar-refractivity contribution in [3.05, 3.63) is 141 Å². The number of rotatable bonds is 5. The van der Waals surface area contributed by atoms with Crippen LogP contribution in [0.25, 0.3) is 28.9 Å². The third-order valence-electron chi connectivity index (χ3n) is 8.07. The van der Waals surface area contributed by atoms with E-state index in [9.17, 15) is 4.79 Å². The normalized spacial score (nSPS) is 18.9. The number of hydrogen-bond donors (Lipinski definition) is 0. The fraction of sp³-hybridized carbons (Fsp3) is 0.139. The zero-order chi connectivity index (χ0) is 29.3. The van der Waals surface area contributed by atoms with Gasteiger partial charge in [-0.25, -0.2) is 9.99 Å². The summed E-state index contributed by atoms with van der Waals surface area (Å²) in [6.45, 7) is 0. The average molecular weight is 693 g/mol. The Morgan fingerprint density at radius 1 is 0.837 bits per heavy atom. The minimum atomic E-state index is -0.177. The van der Waals surface area contributed by atoms with Gasteiger partial charge in [0.1, 0.15) is 0 Å². The lowest BCUT2D eigenvalue weighted by Gasteiger charge is -2.29.